The number of ether oxygens (including phenoxy) is 2. The minimum Gasteiger partial charge on any atom is -0.490 e. The minimum absolute atomic E-state index is 0. The molecule has 2 heterocycles. The van der Waals surface area contributed by atoms with Gasteiger partial charge in [0.25, 0.3) is 0 Å². The third-order valence-electron chi connectivity index (χ3n) is 4.33. The third-order valence-corrected chi connectivity index (χ3v) is 4.33. The van der Waals surface area contributed by atoms with Gasteiger partial charge in [-0.15, -0.1) is 24.0 Å². The number of halogens is 3. The van der Waals surface area contributed by atoms with Crippen LogP contribution in [0.15, 0.2) is 60.0 Å². The Balaban J connectivity index is 0.00000385. The molecule has 0 aliphatic carbocycles. The van der Waals surface area contributed by atoms with Crippen LogP contribution in [0.3, 0.4) is 0 Å². The number of aromatic nitrogens is 3. The standard InChI is InChI=1S/C22H26F2N6O2.HI/c1-3-25-22(27-14-16-9-11-26-19(13-16)30-12-6-10-29-30)28-15-17-7-5-8-18(31-4-2)20(17)32-21(23)24;/h5-13,21H,3-4,14-15H2,1-2H3,(H2,25,27,28);1H. The lowest BCUT2D eigenvalue weighted by molar-refractivity contribution is -0.0520. The van der Waals surface area contributed by atoms with Crippen molar-refractivity contribution < 1.29 is 18.3 Å². The molecule has 11 heteroatoms. The molecule has 0 saturated carbocycles. The number of hydrogen-bond donors (Lipinski definition) is 2. The number of benzene rings is 1. The Hall–Kier alpha value is -2.96. The Morgan fingerprint density at radius 1 is 1.15 bits per heavy atom. The molecule has 8 nitrogen and oxygen atoms in total. The lowest BCUT2D eigenvalue weighted by Crippen LogP contribution is -2.37. The lowest BCUT2D eigenvalue weighted by atomic mass is 10.2. The van der Waals surface area contributed by atoms with E-state index in [2.05, 4.69) is 25.7 Å². The number of para-hydroxylation sites is 1. The van der Waals surface area contributed by atoms with Crippen LogP contribution in [-0.2, 0) is 13.1 Å². The van der Waals surface area contributed by atoms with Crippen LogP contribution in [0.25, 0.3) is 5.82 Å². The van der Waals surface area contributed by atoms with Gasteiger partial charge in [0.15, 0.2) is 23.3 Å². The van der Waals surface area contributed by atoms with Gasteiger partial charge in [0.2, 0.25) is 0 Å². The fourth-order valence-electron chi connectivity index (χ4n) is 2.97. The molecular weight excluding hydrogens is 545 g/mol. The Bertz CT molecular complexity index is 1020. The van der Waals surface area contributed by atoms with Crippen molar-refractivity contribution >= 4 is 29.9 Å². The average Bonchev–Trinajstić information content (AvgIpc) is 3.32. The summed E-state index contributed by atoms with van der Waals surface area (Å²) in [5, 5.41) is 10.5. The summed E-state index contributed by atoms with van der Waals surface area (Å²) >= 11 is 0. The van der Waals surface area contributed by atoms with Crippen LogP contribution >= 0.6 is 24.0 Å². The first-order valence-electron chi connectivity index (χ1n) is 10.3. The van der Waals surface area contributed by atoms with E-state index < -0.39 is 6.61 Å². The maximum absolute atomic E-state index is 12.9. The first-order chi connectivity index (χ1) is 15.6. The van der Waals surface area contributed by atoms with E-state index in [-0.39, 0.29) is 42.0 Å². The number of aliphatic imine (C=N–C) groups is 1. The van der Waals surface area contributed by atoms with Gasteiger partial charge in [-0.1, -0.05) is 12.1 Å². The Kier molecular flexibility index (Phi) is 10.8. The first-order valence-corrected chi connectivity index (χ1v) is 10.3. The van der Waals surface area contributed by atoms with Crippen LogP contribution in [0.2, 0.25) is 0 Å². The Labute approximate surface area is 208 Å². The van der Waals surface area contributed by atoms with Gasteiger partial charge in [-0.2, -0.15) is 13.9 Å². The zero-order chi connectivity index (χ0) is 22.8. The molecule has 0 atom stereocenters. The fourth-order valence-corrected chi connectivity index (χ4v) is 2.97. The van der Waals surface area contributed by atoms with Gasteiger partial charge >= 0.3 is 6.61 Å². The van der Waals surface area contributed by atoms with E-state index >= 15 is 0 Å². The monoisotopic (exact) mass is 572 g/mol. The zero-order valence-corrected chi connectivity index (χ0v) is 20.7. The van der Waals surface area contributed by atoms with Crippen LogP contribution < -0.4 is 20.1 Å². The van der Waals surface area contributed by atoms with Crippen molar-refractivity contribution in [2.45, 2.75) is 33.5 Å². The van der Waals surface area contributed by atoms with Crippen LogP contribution in [-0.4, -0.2) is 40.5 Å². The molecule has 3 aromatic rings. The van der Waals surface area contributed by atoms with Crippen molar-refractivity contribution in [1.82, 2.24) is 25.4 Å². The highest BCUT2D eigenvalue weighted by Crippen LogP contribution is 2.32. The molecular formula is C22H27F2IN6O2. The fraction of sp³-hybridized carbons (Fsp3) is 0.318. The van der Waals surface area contributed by atoms with Gasteiger partial charge in [-0.05, 0) is 43.7 Å². The van der Waals surface area contributed by atoms with Crippen molar-refractivity contribution in [2.75, 3.05) is 13.2 Å². The Morgan fingerprint density at radius 3 is 2.70 bits per heavy atom. The molecule has 2 N–H and O–H groups in total. The number of nitrogens with one attached hydrogen (secondary N) is 2. The quantitative estimate of drug-likeness (QED) is 0.216. The predicted octanol–water partition coefficient (Wildman–Crippen LogP) is 4.14. The molecule has 0 aliphatic rings. The van der Waals surface area contributed by atoms with Gasteiger partial charge in [-0.3, -0.25) is 0 Å². The van der Waals surface area contributed by atoms with E-state index in [9.17, 15) is 8.78 Å². The molecule has 0 unspecified atom stereocenters. The lowest BCUT2D eigenvalue weighted by Gasteiger charge is -2.17. The second kappa shape index (κ2) is 13.6. The summed E-state index contributed by atoms with van der Waals surface area (Å²) in [6, 6.07) is 10.6. The Morgan fingerprint density at radius 2 is 2.00 bits per heavy atom. The van der Waals surface area contributed by atoms with Gasteiger partial charge in [0.05, 0.1) is 13.2 Å². The van der Waals surface area contributed by atoms with Gasteiger partial charge in [0, 0.05) is 37.2 Å². The highest BCUT2D eigenvalue weighted by molar-refractivity contribution is 14.0. The van der Waals surface area contributed by atoms with E-state index in [0.717, 1.165) is 5.56 Å². The highest BCUT2D eigenvalue weighted by atomic mass is 127. The summed E-state index contributed by atoms with van der Waals surface area (Å²) in [5.41, 5.74) is 1.48. The smallest absolute Gasteiger partial charge is 0.387 e. The first kappa shape index (κ1) is 26.3. The number of hydrogen-bond acceptors (Lipinski definition) is 5. The van der Waals surface area contributed by atoms with E-state index in [0.29, 0.717) is 37.0 Å². The maximum atomic E-state index is 12.9. The molecule has 2 aromatic heterocycles. The van der Waals surface area contributed by atoms with E-state index in [1.165, 1.54) is 0 Å². The van der Waals surface area contributed by atoms with Crippen molar-refractivity contribution in [3.05, 3.63) is 66.1 Å². The van der Waals surface area contributed by atoms with Crippen LogP contribution in [0.1, 0.15) is 25.0 Å². The molecule has 0 radical (unpaired) electrons. The van der Waals surface area contributed by atoms with Crippen LogP contribution in [0.5, 0.6) is 11.5 Å². The molecule has 178 valence electrons. The molecule has 0 bridgehead atoms. The largest absolute Gasteiger partial charge is 0.490 e. The van der Waals surface area contributed by atoms with Crippen LogP contribution in [0, 0.1) is 0 Å². The average molecular weight is 572 g/mol. The summed E-state index contributed by atoms with van der Waals surface area (Å²) < 4.78 is 37.7. The van der Waals surface area contributed by atoms with Crippen LogP contribution in [0.4, 0.5) is 8.78 Å². The minimum atomic E-state index is -2.95. The summed E-state index contributed by atoms with van der Waals surface area (Å²) in [6.07, 6.45) is 5.21. The number of rotatable bonds is 10. The zero-order valence-electron chi connectivity index (χ0n) is 18.4. The topological polar surface area (TPSA) is 85.6 Å². The third kappa shape index (κ3) is 7.84. The normalized spacial score (nSPS) is 11.1. The molecule has 0 fully saturated rings. The molecule has 0 spiro atoms. The number of alkyl halides is 2. The molecule has 3 rings (SSSR count). The number of pyridine rings is 1. The van der Waals surface area contributed by atoms with Crippen molar-refractivity contribution in [1.29, 1.82) is 0 Å². The van der Waals surface area contributed by atoms with Crippen molar-refractivity contribution in [3.8, 4) is 17.3 Å². The second-order valence-corrected chi connectivity index (χ2v) is 6.58. The predicted molar refractivity (Wildman–Crippen MR) is 133 cm³/mol. The number of guanidine groups is 1. The maximum Gasteiger partial charge on any atom is 0.387 e. The van der Waals surface area contributed by atoms with Gasteiger partial charge in [-0.25, -0.2) is 14.7 Å². The van der Waals surface area contributed by atoms with Crippen molar-refractivity contribution in [3.63, 3.8) is 0 Å². The van der Waals surface area contributed by atoms with Gasteiger partial charge in [0.1, 0.15) is 0 Å². The van der Waals surface area contributed by atoms with E-state index in [1.54, 1.807) is 42.2 Å². The molecule has 0 aliphatic heterocycles. The summed E-state index contributed by atoms with van der Waals surface area (Å²) in [5.74, 6) is 1.53. The molecule has 0 amide bonds. The van der Waals surface area contributed by atoms with Gasteiger partial charge < -0.3 is 20.1 Å². The number of nitrogens with zero attached hydrogens (tertiary/aromatic N) is 4. The second-order valence-electron chi connectivity index (χ2n) is 6.58. The summed E-state index contributed by atoms with van der Waals surface area (Å²) in [4.78, 5) is 8.90. The summed E-state index contributed by atoms with van der Waals surface area (Å²) in [7, 11) is 0. The molecule has 1 aromatic carbocycles. The van der Waals surface area contributed by atoms with E-state index in [4.69, 9.17) is 9.47 Å². The summed E-state index contributed by atoms with van der Waals surface area (Å²) in [6.45, 7) is 2.38. The SMILES string of the molecule is CCNC(=NCc1ccnc(-n2cccn2)c1)NCc1cccc(OCC)c1OC(F)F.I. The van der Waals surface area contributed by atoms with Crippen molar-refractivity contribution in [2.24, 2.45) is 4.99 Å². The molecule has 0 saturated heterocycles. The molecule has 33 heavy (non-hydrogen) atoms. The van der Waals surface area contributed by atoms with E-state index in [1.807, 2.05) is 31.3 Å². The highest BCUT2D eigenvalue weighted by Gasteiger charge is 2.16.